The van der Waals surface area contributed by atoms with Gasteiger partial charge in [0.1, 0.15) is 11.6 Å². The van der Waals surface area contributed by atoms with Crippen LogP contribution in [-0.2, 0) is 17.6 Å². The third kappa shape index (κ3) is 2.66. The van der Waals surface area contributed by atoms with Gasteiger partial charge in [-0.2, -0.15) is 0 Å². The first-order chi connectivity index (χ1) is 11.2. The number of nitrogens with zero attached hydrogens (tertiary/aromatic N) is 2. The van der Waals surface area contributed by atoms with E-state index in [1.807, 2.05) is 36.4 Å². The zero-order valence-corrected chi connectivity index (χ0v) is 12.2. The van der Waals surface area contributed by atoms with Crippen LogP contribution in [0.3, 0.4) is 0 Å². The third-order valence-electron chi connectivity index (χ3n) is 3.72. The molecule has 23 heavy (non-hydrogen) atoms. The van der Waals surface area contributed by atoms with Gasteiger partial charge in [-0.15, -0.1) is 0 Å². The summed E-state index contributed by atoms with van der Waals surface area (Å²) in [5, 5.41) is 8.87. The summed E-state index contributed by atoms with van der Waals surface area (Å²) in [6, 6.07) is 13.3. The number of hydrogen-bond donors (Lipinski definition) is 3. The maximum atomic E-state index is 10.8. The number of benzene rings is 2. The Morgan fingerprint density at radius 1 is 0.957 bits per heavy atom. The predicted molar refractivity (Wildman–Crippen MR) is 86.3 cm³/mol. The lowest BCUT2D eigenvalue weighted by Gasteiger charge is -1.95. The maximum absolute atomic E-state index is 10.8. The van der Waals surface area contributed by atoms with Crippen LogP contribution < -0.4 is 0 Å². The molecule has 0 bridgehead atoms. The molecule has 0 amide bonds. The molecule has 0 fully saturated rings. The molecular formula is C17H14N4O2. The summed E-state index contributed by atoms with van der Waals surface area (Å²) in [6.07, 6.45) is 0.575. The second-order valence-electron chi connectivity index (χ2n) is 5.48. The van der Waals surface area contributed by atoms with E-state index in [1.54, 1.807) is 6.07 Å². The first-order valence-electron chi connectivity index (χ1n) is 7.30. The molecule has 0 spiro atoms. The van der Waals surface area contributed by atoms with Gasteiger partial charge in [0, 0.05) is 0 Å². The van der Waals surface area contributed by atoms with Crippen molar-refractivity contribution in [2.24, 2.45) is 0 Å². The van der Waals surface area contributed by atoms with Crippen molar-refractivity contribution in [2.45, 2.75) is 12.8 Å². The Bertz CT molecular complexity index is 983. The Kier molecular flexibility index (Phi) is 3.08. The average molecular weight is 306 g/mol. The third-order valence-corrected chi connectivity index (χ3v) is 3.72. The van der Waals surface area contributed by atoms with Crippen LogP contribution in [0.1, 0.15) is 17.2 Å². The monoisotopic (exact) mass is 306 g/mol. The smallest absolute Gasteiger partial charge is 0.307 e. The first-order valence-corrected chi connectivity index (χ1v) is 7.30. The van der Waals surface area contributed by atoms with Gasteiger partial charge in [0.25, 0.3) is 0 Å². The molecule has 0 atom stereocenters. The number of H-pyrrole nitrogens is 2. The Morgan fingerprint density at radius 3 is 2.39 bits per heavy atom. The normalized spacial score (nSPS) is 11.3. The highest BCUT2D eigenvalue weighted by Gasteiger charge is 2.09. The van der Waals surface area contributed by atoms with E-state index in [0.29, 0.717) is 6.42 Å². The number of nitrogens with one attached hydrogen (secondary N) is 2. The number of aromatic amines is 2. The summed E-state index contributed by atoms with van der Waals surface area (Å²) in [5.74, 6) is 0.800. The average Bonchev–Trinajstić information content (AvgIpc) is 3.08. The highest BCUT2D eigenvalue weighted by molar-refractivity contribution is 5.78. The van der Waals surface area contributed by atoms with Gasteiger partial charge in [-0.05, 0) is 29.8 Å². The lowest BCUT2D eigenvalue weighted by atomic mass is 10.1. The van der Waals surface area contributed by atoms with E-state index >= 15 is 0 Å². The minimum Gasteiger partial charge on any atom is -0.481 e. The highest BCUT2D eigenvalue weighted by Crippen LogP contribution is 2.17. The number of carboxylic acid groups (broad SMARTS) is 1. The molecular weight excluding hydrogens is 292 g/mol. The lowest BCUT2D eigenvalue weighted by molar-refractivity contribution is -0.136. The molecule has 0 radical (unpaired) electrons. The number of carbonyl (C=O) groups is 1. The number of fused-ring (bicyclic) bond motifs is 2. The van der Waals surface area contributed by atoms with Crippen molar-refractivity contribution in [3.63, 3.8) is 0 Å². The van der Waals surface area contributed by atoms with Crippen LogP contribution in [0.5, 0.6) is 0 Å². The zero-order valence-electron chi connectivity index (χ0n) is 12.2. The van der Waals surface area contributed by atoms with Crippen LogP contribution >= 0.6 is 0 Å². The standard InChI is InChI=1S/C17H14N4O2/c22-17(23)8-10-5-6-13-14(7-10)21-16(20-13)9-15-18-11-3-1-2-4-12(11)19-15/h1-7H,8-9H2,(H,18,19)(H,20,21)(H,22,23). The summed E-state index contributed by atoms with van der Waals surface area (Å²) >= 11 is 0. The summed E-state index contributed by atoms with van der Waals surface area (Å²) in [5.41, 5.74) is 4.36. The largest absolute Gasteiger partial charge is 0.481 e. The van der Waals surface area contributed by atoms with Crippen LogP contribution in [-0.4, -0.2) is 31.0 Å². The quantitative estimate of drug-likeness (QED) is 0.540. The molecule has 4 aromatic rings. The van der Waals surface area contributed by atoms with E-state index in [4.69, 9.17) is 5.11 Å². The van der Waals surface area contributed by atoms with E-state index in [-0.39, 0.29) is 6.42 Å². The minimum atomic E-state index is -0.841. The van der Waals surface area contributed by atoms with Gasteiger partial charge in [-0.1, -0.05) is 18.2 Å². The number of imidazole rings is 2. The molecule has 3 N–H and O–H groups in total. The molecule has 2 aromatic heterocycles. The molecule has 4 rings (SSSR count). The van der Waals surface area contributed by atoms with Gasteiger partial charge in [0.15, 0.2) is 0 Å². The molecule has 6 nitrogen and oxygen atoms in total. The molecule has 0 saturated heterocycles. The summed E-state index contributed by atoms with van der Waals surface area (Å²) in [4.78, 5) is 26.4. The predicted octanol–water partition coefficient (Wildman–Crippen LogP) is 2.66. The molecule has 2 aromatic carbocycles. The van der Waals surface area contributed by atoms with Gasteiger partial charge in [0.05, 0.1) is 34.9 Å². The Morgan fingerprint density at radius 2 is 1.65 bits per heavy atom. The van der Waals surface area contributed by atoms with Crippen LogP contribution in [0.4, 0.5) is 0 Å². The number of aliphatic carboxylic acids is 1. The van der Waals surface area contributed by atoms with Crippen molar-refractivity contribution >= 4 is 28.0 Å². The molecule has 2 heterocycles. The van der Waals surface area contributed by atoms with Gasteiger partial charge < -0.3 is 15.1 Å². The number of para-hydroxylation sites is 2. The van der Waals surface area contributed by atoms with Crippen LogP contribution in [0, 0.1) is 0 Å². The van der Waals surface area contributed by atoms with Crippen molar-refractivity contribution in [2.75, 3.05) is 0 Å². The van der Waals surface area contributed by atoms with Crippen molar-refractivity contribution in [1.29, 1.82) is 0 Å². The van der Waals surface area contributed by atoms with Crippen LogP contribution in [0.15, 0.2) is 42.5 Å². The first kappa shape index (κ1) is 13.5. The topological polar surface area (TPSA) is 94.7 Å². The van der Waals surface area contributed by atoms with Crippen molar-refractivity contribution in [1.82, 2.24) is 19.9 Å². The molecule has 0 aliphatic rings. The maximum Gasteiger partial charge on any atom is 0.307 e. The summed E-state index contributed by atoms with van der Waals surface area (Å²) in [6.45, 7) is 0. The van der Waals surface area contributed by atoms with Gasteiger partial charge in [0.2, 0.25) is 0 Å². The van der Waals surface area contributed by atoms with Crippen LogP contribution in [0.25, 0.3) is 22.1 Å². The molecule has 0 unspecified atom stereocenters. The summed E-state index contributed by atoms with van der Waals surface area (Å²) < 4.78 is 0. The fraction of sp³-hybridized carbons (Fsp3) is 0.118. The molecule has 114 valence electrons. The zero-order chi connectivity index (χ0) is 15.8. The van der Waals surface area contributed by atoms with Gasteiger partial charge in [-0.25, -0.2) is 9.97 Å². The van der Waals surface area contributed by atoms with Crippen LogP contribution in [0.2, 0.25) is 0 Å². The van der Waals surface area contributed by atoms with Crippen molar-refractivity contribution < 1.29 is 9.90 Å². The molecule has 0 aliphatic carbocycles. The molecule has 6 heteroatoms. The minimum absolute atomic E-state index is 0.00780. The number of hydrogen-bond acceptors (Lipinski definition) is 3. The number of carboxylic acids is 1. The second kappa shape index (κ2) is 5.24. The van der Waals surface area contributed by atoms with E-state index < -0.39 is 5.97 Å². The highest BCUT2D eigenvalue weighted by atomic mass is 16.4. The van der Waals surface area contributed by atoms with Gasteiger partial charge >= 0.3 is 5.97 Å². The fourth-order valence-electron chi connectivity index (χ4n) is 2.73. The molecule has 0 aliphatic heterocycles. The Hall–Kier alpha value is -3.15. The van der Waals surface area contributed by atoms with Crippen molar-refractivity contribution in [3.8, 4) is 0 Å². The Labute approximate surface area is 131 Å². The SMILES string of the molecule is O=C(O)Cc1ccc2nc(Cc3nc4ccccc4[nH]3)[nH]c2c1. The number of aromatic nitrogens is 4. The Balaban J connectivity index is 1.64. The van der Waals surface area contributed by atoms with E-state index in [9.17, 15) is 4.79 Å². The van der Waals surface area contributed by atoms with E-state index in [2.05, 4.69) is 19.9 Å². The molecule has 0 saturated carbocycles. The van der Waals surface area contributed by atoms with E-state index in [1.165, 1.54) is 0 Å². The summed E-state index contributed by atoms with van der Waals surface area (Å²) in [7, 11) is 0. The number of rotatable bonds is 4. The van der Waals surface area contributed by atoms with Crippen molar-refractivity contribution in [3.05, 3.63) is 59.7 Å². The van der Waals surface area contributed by atoms with E-state index in [0.717, 1.165) is 39.3 Å². The lowest BCUT2D eigenvalue weighted by Crippen LogP contribution is -1.99. The second-order valence-corrected chi connectivity index (χ2v) is 5.48. The fourth-order valence-corrected chi connectivity index (χ4v) is 2.73. The van der Waals surface area contributed by atoms with Gasteiger partial charge in [-0.3, -0.25) is 4.79 Å².